The second-order valence-electron chi connectivity index (χ2n) is 3.58. The van der Waals surface area contributed by atoms with Gasteiger partial charge in [0.25, 0.3) is 0 Å². The Labute approximate surface area is 112 Å². The van der Waals surface area contributed by atoms with Gasteiger partial charge in [0.05, 0.1) is 17.1 Å². The van der Waals surface area contributed by atoms with Crippen LogP contribution in [0.3, 0.4) is 0 Å². The fraction of sp³-hybridized carbons (Fsp3) is 0.182. The van der Waals surface area contributed by atoms with Crippen LogP contribution in [0, 0.1) is 6.92 Å². The highest BCUT2D eigenvalue weighted by atomic mass is 35.5. The van der Waals surface area contributed by atoms with E-state index in [0.717, 1.165) is 9.88 Å². The van der Waals surface area contributed by atoms with Crippen molar-refractivity contribution in [2.45, 2.75) is 13.5 Å². The average Bonchev–Trinajstić information content (AvgIpc) is 2.73. The summed E-state index contributed by atoms with van der Waals surface area (Å²) in [5, 5.41) is 13.0. The Balaban J connectivity index is 2.08. The van der Waals surface area contributed by atoms with Crippen molar-refractivity contribution in [2.75, 3.05) is 5.32 Å². The van der Waals surface area contributed by atoms with E-state index < -0.39 is 5.97 Å². The van der Waals surface area contributed by atoms with Crippen molar-refractivity contribution in [3.05, 3.63) is 38.9 Å². The van der Waals surface area contributed by atoms with Gasteiger partial charge >= 0.3 is 5.97 Å². The van der Waals surface area contributed by atoms with Crippen molar-refractivity contribution in [3.63, 3.8) is 0 Å². The van der Waals surface area contributed by atoms with Gasteiger partial charge in [-0.1, -0.05) is 11.6 Å². The van der Waals surface area contributed by atoms with E-state index in [1.807, 2.05) is 6.92 Å². The average molecular weight is 284 g/mol. The van der Waals surface area contributed by atoms with Crippen molar-refractivity contribution in [1.82, 2.24) is 9.97 Å². The Hall–Kier alpha value is -1.66. The quantitative estimate of drug-likeness (QED) is 0.902. The third kappa shape index (κ3) is 2.96. The summed E-state index contributed by atoms with van der Waals surface area (Å²) in [5.41, 5.74) is 0.0654. The Kier molecular flexibility index (Phi) is 3.78. The number of nitrogens with zero attached hydrogens (tertiary/aromatic N) is 2. The minimum absolute atomic E-state index is 0.0654. The maximum Gasteiger partial charge on any atom is 0.337 e. The van der Waals surface area contributed by atoms with Crippen LogP contribution in [0.5, 0.6) is 0 Å². The van der Waals surface area contributed by atoms with Crippen LogP contribution in [0.2, 0.25) is 5.02 Å². The van der Waals surface area contributed by atoms with E-state index in [4.69, 9.17) is 16.7 Å². The summed E-state index contributed by atoms with van der Waals surface area (Å²) >= 11 is 7.52. The molecule has 0 atom stereocenters. The first-order valence-electron chi connectivity index (χ1n) is 5.10. The predicted octanol–water partition coefficient (Wildman–Crippen LogP) is 2.81. The van der Waals surface area contributed by atoms with Gasteiger partial charge in [0, 0.05) is 17.3 Å². The number of carboxylic acids is 1. The molecule has 0 fully saturated rings. The van der Waals surface area contributed by atoms with Crippen LogP contribution in [0.25, 0.3) is 0 Å². The number of halogens is 1. The number of nitrogens with one attached hydrogen (secondary N) is 1. The molecule has 0 unspecified atom stereocenters. The molecule has 2 rings (SSSR count). The van der Waals surface area contributed by atoms with Crippen molar-refractivity contribution in [3.8, 4) is 0 Å². The molecule has 0 saturated heterocycles. The SMILES string of the molecule is Cc1cnc(CNc2ncc(C(=O)O)cc2Cl)s1. The van der Waals surface area contributed by atoms with Crippen LogP contribution in [0.15, 0.2) is 18.5 Å². The Morgan fingerprint density at radius 2 is 2.28 bits per heavy atom. The summed E-state index contributed by atoms with van der Waals surface area (Å²) in [5.74, 6) is -0.596. The Morgan fingerprint density at radius 3 is 2.83 bits per heavy atom. The first-order valence-corrected chi connectivity index (χ1v) is 6.29. The zero-order valence-corrected chi connectivity index (χ0v) is 11.0. The molecule has 94 valence electrons. The Morgan fingerprint density at radius 1 is 1.50 bits per heavy atom. The third-order valence-corrected chi connectivity index (χ3v) is 3.37. The number of carboxylic acid groups (broad SMARTS) is 1. The molecule has 7 heteroatoms. The van der Waals surface area contributed by atoms with Crippen LogP contribution >= 0.6 is 22.9 Å². The highest BCUT2D eigenvalue weighted by Gasteiger charge is 2.08. The van der Waals surface area contributed by atoms with Crippen LogP contribution in [-0.2, 0) is 6.54 Å². The molecule has 18 heavy (non-hydrogen) atoms. The predicted molar refractivity (Wildman–Crippen MR) is 70.4 cm³/mol. The van der Waals surface area contributed by atoms with Crippen LogP contribution < -0.4 is 5.32 Å². The fourth-order valence-corrected chi connectivity index (χ4v) is 2.29. The number of aryl methyl sites for hydroxylation is 1. The summed E-state index contributed by atoms with van der Waals surface area (Å²) < 4.78 is 0. The van der Waals surface area contributed by atoms with Gasteiger partial charge in [0.15, 0.2) is 0 Å². The molecular formula is C11H10ClN3O2S. The summed E-state index contributed by atoms with van der Waals surface area (Å²) in [6.07, 6.45) is 3.06. The molecule has 2 aromatic rings. The maximum atomic E-state index is 10.7. The smallest absolute Gasteiger partial charge is 0.337 e. The Bertz CT molecular complexity index is 585. The largest absolute Gasteiger partial charge is 0.478 e. The van der Waals surface area contributed by atoms with E-state index in [2.05, 4.69) is 15.3 Å². The molecule has 2 N–H and O–H groups in total. The molecule has 0 spiro atoms. The van der Waals surface area contributed by atoms with Gasteiger partial charge in [-0.2, -0.15) is 0 Å². The number of carbonyl (C=O) groups is 1. The molecule has 0 aromatic carbocycles. The molecule has 0 amide bonds. The number of rotatable bonds is 4. The van der Waals surface area contributed by atoms with E-state index in [-0.39, 0.29) is 10.6 Å². The first kappa shape index (κ1) is 12.8. The van der Waals surface area contributed by atoms with Gasteiger partial charge in [-0.05, 0) is 13.0 Å². The van der Waals surface area contributed by atoms with E-state index >= 15 is 0 Å². The lowest BCUT2D eigenvalue weighted by Gasteiger charge is -2.05. The molecule has 2 heterocycles. The molecule has 5 nitrogen and oxygen atoms in total. The summed E-state index contributed by atoms with van der Waals surface area (Å²) in [4.78, 5) is 20.0. The van der Waals surface area contributed by atoms with Gasteiger partial charge in [-0.3, -0.25) is 0 Å². The molecule has 0 aliphatic rings. The number of pyridine rings is 1. The highest BCUT2D eigenvalue weighted by Crippen LogP contribution is 2.21. The van der Waals surface area contributed by atoms with E-state index in [9.17, 15) is 4.79 Å². The molecule has 0 saturated carbocycles. The van der Waals surface area contributed by atoms with Crippen molar-refractivity contribution in [1.29, 1.82) is 0 Å². The number of thiazole rings is 1. The zero-order chi connectivity index (χ0) is 13.1. The molecular weight excluding hydrogens is 274 g/mol. The minimum Gasteiger partial charge on any atom is -0.478 e. The van der Waals surface area contributed by atoms with Gasteiger partial charge in [-0.15, -0.1) is 11.3 Å². The van der Waals surface area contributed by atoms with Crippen molar-refractivity contribution < 1.29 is 9.90 Å². The van der Waals surface area contributed by atoms with Crippen LogP contribution in [0.4, 0.5) is 5.82 Å². The molecule has 0 aliphatic carbocycles. The van der Waals surface area contributed by atoms with Gasteiger partial charge in [0.1, 0.15) is 10.8 Å². The van der Waals surface area contributed by atoms with E-state index in [1.165, 1.54) is 12.3 Å². The molecule has 0 radical (unpaired) electrons. The summed E-state index contributed by atoms with van der Waals surface area (Å²) in [7, 11) is 0. The maximum absolute atomic E-state index is 10.7. The third-order valence-electron chi connectivity index (χ3n) is 2.16. The topological polar surface area (TPSA) is 75.1 Å². The number of aromatic carboxylic acids is 1. The minimum atomic E-state index is -1.05. The lowest BCUT2D eigenvalue weighted by atomic mass is 10.3. The molecule has 2 aromatic heterocycles. The summed E-state index contributed by atoms with van der Waals surface area (Å²) in [6.45, 7) is 2.49. The van der Waals surface area contributed by atoms with E-state index in [0.29, 0.717) is 12.4 Å². The summed E-state index contributed by atoms with van der Waals surface area (Å²) in [6, 6.07) is 1.37. The van der Waals surface area contributed by atoms with Gasteiger partial charge < -0.3 is 10.4 Å². The van der Waals surface area contributed by atoms with Crippen molar-refractivity contribution in [2.24, 2.45) is 0 Å². The van der Waals surface area contributed by atoms with Gasteiger partial charge in [0.2, 0.25) is 0 Å². The lowest BCUT2D eigenvalue weighted by Crippen LogP contribution is -2.04. The lowest BCUT2D eigenvalue weighted by molar-refractivity contribution is 0.0696. The monoisotopic (exact) mass is 283 g/mol. The number of anilines is 1. The normalized spacial score (nSPS) is 10.3. The zero-order valence-electron chi connectivity index (χ0n) is 9.48. The second-order valence-corrected chi connectivity index (χ2v) is 5.30. The molecule has 0 bridgehead atoms. The van der Waals surface area contributed by atoms with Crippen LogP contribution in [0.1, 0.15) is 20.2 Å². The van der Waals surface area contributed by atoms with E-state index in [1.54, 1.807) is 17.5 Å². The second kappa shape index (κ2) is 5.32. The number of aromatic nitrogens is 2. The highest BCUT2D eigenvalue weighted by molar-refractivity contribution is 7.11. The number of hydrogen-bond donors (Lipinski definition) is 2. The van der Waals surface area contributed by atoms with Crippen LogP contribution in [-0.4, -0.2) is 21.0 Å². The van der Waals surface area contributed by atoms with Gasteiger partial charge in [-0.25, -0.2) is 14.8 Å². The standard InChI is InChI=1S/C11H10ClN3O2S/c1-6-3-13-9(18-6)5-15-10-8(12)2-7(4-14-10)11(16)17/h2-4H,5H2,1H3,(H,14,15)(H,16,17). The fourth-order valence-electron chi connectivity index (χ4n) is 1.33. The first-order chi connectivity index (χ1) is 8.56. The molecule has 0 aliphatic heterocycles. The van der Waals surface area contributed by atoms with Crippen molar-refractivity contribution >= 4 is 34.7 Å². The number of hydrogen-bond acceptors (Lipinski definition) is 5.